The molecule has 1 N–H and O–H groups in total. The van der Waals surface area contributed by atoms with E-state index in [0.717, 1.165) is 0 Å². The molecule has 6 heteroatoms. The van der Waals surface area contributed by atoms with Crippen molar-refractivity contribution < 1.29 is 8.42 Å². The van der Waals surface area contributed by atoms with Crippen molar-refractivity contribution in [2.45, 2.75) is 24.3 Å². The van der Waals surface area contributed by atoms with E-state index >= 15 is 0 Å². The van der Waals surface area contributed by atoms with Gasteiger partial charge < -0.3 is 10.2 Å². The highest BCUT2D eigenvalue weighted by atomic mass is 32.2. The third-order valence-corrected chi connectivity index (χ3v) is 5.44. The molecule has 114 valence electrons. The molecule has 1 aromatic rings. The molecule has 0 fully saturated rings. The van der Waals surface area contributed by atoms with Crippen LogP contribution in [0.5, 0.6) is 0 Å². The van der Waals surface area contributed by atoms with Crippen molar-refractivity contribution in [3.8, 4) is 0 Å². The number of rotatable bonds is 6. The molecule has 0 amide bonds. The maximum Gasteiger partial charge on any atom is 0.244 e. The molecule has 5 nitrogen and oxygen atoms in total. The van der Waals surface area contributed by atoms with Crippen LogP contribution in [-0.2, 0) is 10.0 Å². The Kier molecular flexibility index (Phi) is 5.18. The molecule has 0 aliphatic heterocycles. The Hall–Kier alpha value is -1.11. The number of likely N-dealkylation sites (N-methyl/N-ethyl adjacent to an activating group) is 1. The van der Waals surface area contributed by atoms with E-state index in [0.29, 0.717) is 17.1 Å². The lowest BCUT2D eigenvalue weighted by Crippen LogP contribution is -2.44. The fraction of sp³-hybridized carbons (Fsp3) is 0.571. The van der Waals surface area contributed by atoms with Crippen molar-refractivity contribution in [3.05, 3.63) is 24.3 Å². The van der Waals surface area contributed by atoms with Crippen molar-refractivity contribution in [3.63, 3.8) is 0 Å². The predicted molar refractivity (Wildman–Crippen MR) is 83.6 cm³/mol. The molecule has 0 saturated heterocycles. The summed E-state index contributed by atoms with van der Waals surface area (Å²) in [5, 5.41) is 3.25. The molecular formula is C14H25N3O2S. The van der Waals surface area contributed by atoms with Gasteiger partial charge in [0.25, 0.3) is 0 Å². The number of hydrogen-bond acceptors (Lipinski definition) is 4. The van der Waals surface area contributed by atoms with Crippen LogP contribution in [0.1, 0.15) is 13.8 Å². The Morgan fingerprint density at radius 1 is 1.10 bits per heavy atom. The lowest BCUT2D eigenvalue weighted by atomic mass is 10.0. The molecule has 0 radical (unpaired) electrons. The van der Waals surface area contributed by atoms with E-state index in [9.17, 15) is 8.42 Å². The second-order valence-corrected chi connectivity index (χ2v) is 7.96. The van der Waals surface area contributed by atoms with Gasteiger partial charge in [0.2, 0.25) is 10.0 Å². The third kappa shape index (κ3) is 3.71. The minimum atomic E-state index is -3.44. The van der Waals surface area contributed by atoms with Crippen LogP contribution in [-0.4, -0.2) is 57.9 Å². The molecule has 0 atom stereocenters. The number of nitrogens with one attached hydrogen (secondary N) is 1. The summed E-state index contributed by atoms with van der Waals surface area (Å²) in [7, 11) is 3.65. The van der Waals surface area contributed by atoms with Gasteiger partial charge in [0.15, 0.2) is 0 Å². The van der Waals surface area contributed by atoms with Crippen LogP contribution in [0.4, 0.5) is 5.69 Å². The molecule has 0 heterocycles. The van der Waals surface area contributed by atoms with Gasteiger partial charge in [0.1, 0.15) is 4.90 Å². The van der Waals surface area contributed by atoms with Gasteiger partial charge >= 0.3 is 0 Å². The molecule has 0 aliphatic carbocycles. The largest absolute Gasteiger partial charge is 0.382 e. The fourth-order valence-corrected chi connectivity index (χ4v) is 2.57. The first-order chi connectivity index (χ1) is 9.09. The SMILES string of the molecule is CN(C)C(C)(C)CNc1ccccc1S(=O)(=O)N(C)C. The first-order valence-corrected chi connectivity index (χ1v) is 7.96. The Bertz CT molecular complexity index is 551. The number of hydrogen-bond donors (Lipinski definition) is 1. The summed E-state index contributed by atoms with van der Waals surface area (Å²) < 4.78 is 25.8. The Balaban J connectivity index is 3.05. The average Bonchev–Trinajstić information content (AvgIpc) is 2.36. The fourth-order valence-electron chi connectivity index (χ4n) is 1.50. The lowest BCUT2D eigenvalue weighted by molar-refractivity contribution is 0.210. The van der Waals surface area contributed by atoms with Gasteiger partial charge in [0.05, 0.1) is 5.69 Å². The maximum atomic E-state index is 12.3. The number of para-hydroxylation sites is 1. The van der Waals surface area contributed by atoms with Gasteiger partial charge in [-0.3, -0.25) is 0 Å². The zero-order chi connectivity index (χ0) is 15.6. The molecule has 0 aromatic heterocycles. The van der Waals surface area contributed by atoms with E-state index < -0.39 is 10.0 Å². The highest BCUT2D eigenvalue weighted by Crippen LogP contribution is 2.24. The number of sulfonamides is 1. The first kappa shape index (κ1) is 16.9. The molecule has 1 rings (SSSR count). The summed E-state index contributed by atoms with van der Waals surface area (Å²) in [5.74, 6) is 0. The molecule has 0 bridgehead atoms. The van der Waals surface area contributed by atoms with Crippen molar-refractivity contribution in [1.82, 2.24) is 9.21 Å². The van der Waals surface area contributed by atoms with Gasteiger partial charge in [-0.2, -0.15) is 0 Å². The van der Waals surface area contributed by atoms with E-state index in [-0.39, 0.29) is 5.54 Å². The van der Waals surface area contributed by atoms with Crippen LogP contribution in [0.3, 0.4) is 0 Å². The normalized spacial score (nSPS) is 13.0. The van der Waals surface area contributed by atoms with Gasteiger partial charge in [-0.05, 0) is 40.1 Å². The minimum Gasteiger partial charge on any atom is -0.382 e. The summed E-state index contributed by atoms with van der Waals surface area (Å²) in [5.41, 5.74) is 0.561. The highest BCUT2D eigenvalue weighted by Gasteiger charge is 2.24. The number of nitrogens with zero attached hydrogens (tertiary/aromatic N) is 2. The Morgan fingerprint density at radius 3 is 2.15 bits per heavy atom. The molecule has 0 saturated carbocycles. The van der Waals surface area contributed by atoms with Gasteiger partial charge in [0, 0.05) is 26.2 Å². The standard InChI is InChI=1S/C14H25N3O2S/c1-14(2,16(3)4)11-15-12-9-7-8-10-13(12)20(18,19)17(5)6/h7-10,15H,11H2,1-6H3. The highest BCUT2D eigenvalue weighted by molar-refractivity contribution is 7.89. The van der Waals surface area contributed by atoms with E-state index in [1.54, 1.807) is 18.2 Å². The summed E-state index contributed by atoms with van der Waals surface area (Å²) in [6.07, 6.45) is 0. The van der Waals surface area contributed by atoms with E-state index in [4.69, 9.17) is 0 Å². The molecule has 1 aromatic carbocycles. The predicted octanol–water partition coefficient (Wildman–Crippen LogP) is 1.69. The van der Waals surface area contributed by atoms with Crippen LogP contribution in [0.25, 0.3) is 0 Å². The summed E-state index contributed by atoms with van der Waals surface area (Å²) in [4.78, 5) is 2.41. The van der Waals surface area contributed by atoms with Crippen LogP contribution >= 0.6 is 0 Å². The smallest absolute Gasteiger partial charge is 0.244 e. The van der Waals surface area contributed by atoms with Gasteiger partial charge in [-0.1, -0.05) is 12.1 Å². The number of benzene rings is 1. The van der Waals surface area contributed by atoms with Crippen LogP contribution in [0.2, 0.25) is 0 Å². The Morgan fingerprint density at radius 2 is 1.65 bits per heavy atom. The second kappa shape index (κ2) is 6.11. The minimum absolute atomic E-state index is 0.0744. The van der Waals surface area contributed by atoms with Gasteiger partial charge in [-0.15, -0.1) is 0 Å². The average molecular weight is 299 g/mol. The van der Waals surface area contributed by atoms with Crippen molar-refractivity contribution in [2.24, 2.45) is 0 Å². The van der Waals surface area contributed by atoms with Crippen molar-refractivity contribution >= 4 is 15.7 Å². The monoisotopic (exact) mass is 299 g/mol. The second-order valence-electron chi connectivity index (χ2n) is 5.84. The molecule has 20 heavy (non-hydrogen) atoms. The van der Waals surface area contributed by atoms with Gasteiger partial charge in [-0.25, -0.2) is 12.7 Å². The van der Waals surface area contributed by atoms with Crippen molar-refractivity contribution in [1.29, 1.82) is 0 Å². The zero-order valence-electron chi connectivity index (χ0n) is 13.1. The van der Waals surface area contributed by atoms with Crippen molar-refractivity contribution in [2.75, 3.05) is 40.1 Å². The van der Waals surface area contributed by atoms with E-state index in [2.05, 4.69) is 24.1 Å². The third-order valence-electron chi connectivity index (χ3n) is 3.57. The molecule has 0 aliphatic rings. The molecule has 0 spiro atoms. The van der Waals surface area contributed by atoms with E-state index in [1.165, 1.54) is 18.4 Å². The summed E-state index contributed by atoms with van der Waals surface area (Å²) in [6, 6.07) is 6.99. The first-order valence-electron chi connectivity index (χ1n) is 6.52. The van der Waals surface area contributed by atoms with Crippen LogP contribution in [0, 0.1) is 0 Å². The maximum absolute atomic E-state index is 12.3. The van der Waals surface area contributed by atoms with Crippen LogP contribution < -0.4 is 5.32 Å². The Labute approximate surface area is 122 Å². The molecular weight excluding hydrogens is 274 g/mol. The van der Waals surface area contributed by atoms with Crippen LogP contribution in [0.15, 0.2) is 29.2 Å². The van der Waals surface area contributed by atoms with E-state index in [1.807, 2.05) is 20.2 Å². The topological polar surface area (TPSA) is 52.7 Å². The lowest BCUT2D eigenvalue weighted by Gasteiger charge is -2.33. The zero-order valence-corrected chi connectivity index (χ0v) is 14.0. The number of anilines is 1. The summed E-state index contributed by atoms with van der Waals surface area (Å²) >= 11 is 0. The quantitative estimate of drug-likeness (QED) is 0.868. The summed E-state index contributed by atoms with van der Waals surface area (Å²) in [6.45, 7) is 4.85. The molecule has 0 unspecified atom stereocenters.